The van der Waals surface area contributed by atoms with Gasteiger partial charge in [-0.3, -0.25) is 4.79 Å². The maximum atomic E-state index is 11.9. The molecule has 2 unspecified atom stereocenters. The number of benzene rings is 1. The van der Waals surface area contributed by atoms with Crippen molar-refractivity contribution < 1.29 is 9.90 Å². The van der Waals surface area contributed by atoms with Gasteiger partial charge in [0.05, 0.1) is 12.0 Å². The number of aliphatic hydroxyl groups is 1. The number of carbonyl (C=O) groups excluding carboxylic acids is 1. The third-order valence-electron chi connectivity index (χ3n) is 3.22. The average Bonchev–Trinajstić information content (AvgIpc) is 2.68. The number of aryl methyl sites for hydroxylation is 1. The Morgan fingerprint density at radius 3 is 2.75 bits per heavy atom. The summed E-state index contributed by atoms with van der Waals surface area (Å²) in [5, 5.41) is 12.5. The van der Waals surface area contributed by atoms with Crippen LogP contribution in [0.2, 0.25) is 0 Å². The lowest BCUT2D eigenvalue weighted by molar-refractivity contribution is -0.122. The highest BCUT2D eigenvalue weighted by Gasteiger charge is 2.31. The maximum absolute atomic E-state index is 11.9. The minimum atomic E-state index is -0.469. The van der Waals surface area contributed by atoms with Gasteiger partial charge in [0.15, 0.2) is 0 Å². The largest absolute Gasteiger partial charge is 0.392 e. The number of anilines is 1. The molecule has 2 rings (SSSR count). The predicted octanol–water partition coefficient (Wildman–Crippen LogP) is 2.09. The van der Waals surface area contributed by atoms with Crippen LogP contribution in [0.3, 0.4) is 0 Å². The molecule has 16 heavy (non-hydrogen) atoms. The number of amides is 1. The highest BCUT2D eigenvalue weighted by Crippen LogP contribution is 2.27. The molecule has 1 aliphatic carbocycles. The second kappa shape index (κ2) is 4.66. The Balaban J connectivity index is 2.05. The van der Waals surface area contributed by atoms with Gasteiger partial charge in [0, 0.05) is 5.69 Å². The number of hydrogen-bond donors (Lipinski definition) is 2. The first-order valence-electron chi connectivity index (χ1n) is 5.73. The number of rotatable bonds is 2. The average molecular weight is 219 g/mol. The molecule has 0 spiro atoms. The second-order valence-corrected chi connectivity index (χ2v) is 4.41. The monoisotopic (exact) mass is 219 g/mol. The van der Waals surface area contributed by atoms with Crippen molar-refractivity contribution in [2.45, 2.75) is 32.3 Å². The van der Waals surface area contributed by atoms with Crippen molar-refractivity contribution in [1.82, 2.24) is 0 Å². The van der Waals surface area contributed by atoms with E-state index in [1.54, 1.807) is 0 Å². The Morgan fingerprint density at radius 2 is 2.12 bits per heavy atom. The Hall–Kier alpha value is -1.35. The summed E-state index contributed by atoms with van der Waals surface area (Å²) < 4.78 is 0. The Labute approximate surface area is 95.5 Å². The third kappa shape index (κ3) is 2.25. The normalized spacial score (nSPS) is 24.4. The molecule has 1 fully saturated rings. The Kier molecular flexibility index (Phi) is 3.25. The van der Waals surface area contributed by atoms with Gasteiger partial charge in [0.25, 0.3) is 0 Å². The summed E-state index contributed by atoms with van der Waals surface area (Å²) in [6, 6.07) is 7.68. The van der Waals surface area contributed by atoms with E-state index in [1.807, 2.05) is 31.2 Å². The lowest BCUT2D eigenvalue weighted by Crippen LogP contribution is -2.28. The highest BCUT2D eigenvalue weighted by atomic mass is 16.3. The number of nitrogens with one attached hydrogen (secondary N) is 1. The van der Waals surface area contributed by atoms with Crippen molar-refractivity contribution in [3.63, 3.8) is 0 Å². The van der Waals surface area contributed by atoms with Gasteiger partial charge in [-0.25, -0.2) is 0 Å². The number of carbonyl (C=O) groups is 1. The zero-order valence-electron chi connectivity index (χ0n) is 9.44. The van der Waals surface area contributed by atoms with Crippen LogP contribution in [-0.4, -0.2) is 17.1 Å². The molecule has 3 nitrogen and oxygen atoms in total. The standard InChI is InChI=1S/C13H17NO2/c1-9-5-2-3-7-11(9)14-13(16)10-6-4-8-12(10)15/h2-3,5,7,10,12,15H,4,6,8H2,1H3,(H,14,16). The summed E-state index contributed by atoms with van der Waals surface area (Å²) in [7, 11) is 0. The Morgan fingerprint density at radius 1 is 1.38 bits per heavy atom. The molecule has 3 heteroatoms. The van der Waals surface area contributed by atoms with Gasteiger partial charge in [-0.15, -0.1) is 0 Å². The number of hydrogen-bond acceptors (Lipinski definition) is 2. The van der Waals surface area contributed by atoms with Gasteiger partial charge in [-0.05, 0) is 37.8 Å². The lowest BCUT2D eigenvalue weighted by atomic mass is 10.0. The van der Waals surface area contributed by atoms with Crippen molar-refractivity contribution in [2.75, 3.05) is 5.32 Å². The van der Waals surface area contributed by atoms with E-state index in [4.69, 9.17) is 0 Å². The first-order chi connectivity index (χ1) is 7.68. The van der Waals surface area contributed by atoms with Gasteiger partial charge in [-0.1, -0.05) is 18.2 Å². The smallest absolute Gasteiger partial charge is 0.230 e. The van der Waals surface area contributed by atoms with Crippen molar-refractivity contribution in [1.29, 1.82) is 0 Å². The number of para-hydroxylation sites is 1. The molecule has 1 aliphatic rings. The summed E-state index contributed by atoms with van der Waals surface area (Å²) in [6.07, 6.45) is 2.00. The van der Waals surface area contributed by atoms with E-state index in [1.165, 1.54) is 0 Å². The van der Waals surface area contributed by atoms with Crippen molar-refractivity contribution in [3.8, 4) is 0 Å². The topological polar surface area (TPSA) is 49.3 Å². The quantitative estimate of drug-likeness (QED) is 0.800. The van der Waals surface area contributed by atoms with Crippen LogP contribution < -0.4 is 5.32 Å². The molecular formula is C13H17NO2. The molecule has 0 saturated heterocycles. The molecule has 1 amide bonds. The molecule has 2 atom stereocenters. The summed E-state index contributed by atoms with van der Waals surface area (Å²) >= 11 is 0. The molecule has 2 N–H and O–H groups in total. The maximum Gasteiger partial charge on any atom is 0.230 e. The van der Waals surface area contributed by atoms with Crippen LogP contribution in [0.25, 0.3) is 0 Å². The molecule has 0 aliphatic heterocycles. The summed E-state index contributed by atoms with van der Waals surface area (Å²) in [6.45, 7) is 1.96. The van der Waals surface area contributed by atoms with Crippen LogP contribution in [0.5, 0.6) is 0 Å². The minimum Gasteiger partial charge on any atom is -0.392 e. The van der Waals surface area contributed by atoms with Gasteiger partial charge >= 0.3 is 0 Å². The molecule has 86 valence electrons. The summed E-state index contributed by atoms with van der Waals surface area (Å²) in [4.78, 5) is 11.9. The summed E-state index contributed by atoms with van der Waals surface area (Å²) in [5.41, 5.74) is 1.88. The van der Waals surface area contributed by atoms with Crippen LogP contribution in [0, 0.1) is 12.8 Å². The predicted molar refractivity (Wildman–Crippen MR) is 63.2 cm³/mol. The molecule has 1 aromatic rings. The fourth-order valence-electron chi connectivity index (χ4n) is 2.18. The van der Waals surface area contributed by atoms with E-state index in [0.717, 1.165) is 30.5 Å². The van der Waals surface area contributed by atoms with Crippen LogP contribution in [0.15, 0.2) is 24.3 Å². The molecule has 0 bridgehead atoms. The van der Waals surface area contributed by atoms with E-state index >= 15 is 0 Å². The third-order valence-corrected chi connectivity index (χ3v) is 3.22. The van der Waals surface area contributed by atoms with Crippen molar-refractivity contribution in [2.24, 2.45) is 5.92 Å². The zero-order valence-corrected chi connectivity index (χ0v) is 9.44. The zero-order chi connectivity index (χ0) is 11.5. The highest BCUT2D eigenvalue weighted by molar-refractivity contribution is 5.93. The van der Waals surface area contributed by atoms with Crippen molar-refractivity contribution >= 4 is 11.6 Å². The first kappa shape index (κ1) is 11.1. The molecule has 0 heterocycles. The van der Waals surface area contributed by atoms with E-state index < -0.39 is 6.10 Å². The van der Waals surface area contributed by atoms with Crippen LogP contribution in [0.1, 0.15) is 24.8 Å². The van der Waals surface area contributed by atoms with Gasteiger partial charge in [0.1, 0.15) is 0 Å². The molecule has 0 radical (unpaired) electrons. The summed E-state index contributed by atoms with van der Waals surface area (Å²) in [5.74, 6) is -0.293. The van der Waals surface area contributed by atoms with Gasteiger partial charge in [-0.2, -0.15) is 0 Å². The van der Waals surface area contributed by atoms with Crippen LogP contribution >= 0.6 is 0 Å². The van der Waals surface area contributed by atoms with E-state index in [2.05, 4.69) is 5.32 Å². The van der Waals surface area contributed by atoms with Gasteiger partial charge in [0.2, 0.25) is 5.91 Å². The molecular weight excluding hydrogens is 202 g/mol. The second-order valence-electron chi connectivity index (χ2n) is 4.41. The minimum absolute atomic E-state index is 0.0562. The molecule has 1 aromatic carbocycles. The first-order valence-corrected chi connectivity index (χ1v) is 5.73. The number of aliphatic hydroxyl groups excluding tert-OH is 1. The van der Waals surface area contributed by atoms with Gasteiger partial charge < -0.3 is 10.4 Å². The van der Waals surface area contributed by atoms with E-state index in [0.29, 0.717) is 0 Å². The Bertz CT molecular complexity index is 389. The van der Waals surface area contributed by atoms with Crippen molar-refractivity contribution in [3.05, 3.63) is 29.8 Å². The van der Waals surface area contributed by atoms with Crippen LogP contribution in [-0.2, 0) is 4.79 Å². The van der Waals surface area contributed by atoms with Crippen LogP contribution in [0.4, 0.5) is 5.69 Å². The van der Waals surface area contributed by atoms with E-state index in [9.17, 15) is 9.90 Å². The van der Waals surface area contributed by atoms with E-state index in [-0.39, 0.29) is 11.8 Å². The molecule has 0 aromatic heterocycles. The lowest BCUT2D eigenvalue weighted by Gasteiger charge is -2.15. The fraction of sp³-hybridized carbons (Fsp3) is 0.462. The SMILES string of the molecule is Cc1ccccc1NC(=O)C1CCCC1O. The fourth-order valence-corrected chi connectivity index (χ4v) is 2.18. The molecule has 1 saturated carbocycles.